The molecular weight excluding hydrogens is 226 g/mol. The quantitative estimate of drug-likeness (QED) is 0.870. The van der Waals surface area contributed by atoms with Gasteiger partial charge < -0.3 is 9.67 Å². The number of carbonyl (C=O) groups is 1. The minimum absolute atomic E-state index is 0.427. The van der Waals surface area contributed by atoms with Gasteiger partial charge in [0, 0.05) is 23.1 Å². The molecule has 94 valence electrons. The van der Waals surface area contributed by atoms with Crippen molar-refractivity contribution in [1.82, 2.24) is 4.57 Å². The summed E-state index contributed by atoms with van der Waals surface area (Å²) >= 11 is 0. The summed E-state index contributed by atoms with van der Waals surface area (Å²) in [6.45, 7) is 0. The summed E-state index contributed by atoms with van der Waals surface area (Å²) in [5, 5.41) is 10.1. The summed E-state index contributed by atoms with van der Waals surface area (Å²) in [7, 11) is 0. The number of carboxylic acid groups (broad SMARTS) is 1. The Labute approximate surface area is 106 Å². The Morgan fingerprint density at radius 1 is 1.17 bits per heavy atom. The van der Waals surface area contributed by atoms with Crippen LogP contribution in [-0.2, 0) is 0 Å². The molecule has 2 aromatic rings. The lowest BCUT2D eigenvalue weighted by Crippen LogP contribution is -2.11. The van der Waals surface area contributed by atoms with E-state index in [-0.39, 0.29) is 0 Å². The van der Waals surface area contributed by atoms with E-state index >= 15 is 0 Å². The van der Waals surface area contributed by atoms with Gasteiger partial charge in [-0.1, -0.05) is 37.5 Å². The second-order valence-electron chi connectivity index (χ2n) is 5.06. The number of aromatic nitrogens is 1. The highest BCUT2D eigenvalue weighted by Gasteiger charge is 2.20. The van der Waals surface area contributed by atoms with Crippen molar-refractivity contribution in [2.75, 3.05) is 0 Å². The zero-order valence-electron chi connectivity index (χ0n) is 10.3. The fourth-order valence-corrected chi connectivity index (χ4v) is 3.04. The first-order valence-electron chi connectivity index (χ1n) is 6.60. The van der Waals surface area contributed by atoms with Gasteiger partial charge in [0.1, 0.15) is 0 Å². The molecule has 0 radical (unpaired) electrons. The molecule has 0 spiro atoms. The van der Waals surface area contributed by atoms with Crippen molar-refractivity contribution >= 4 is 16.9 Å². The Bertz CT molecular complexity index is 579. The molecule has 3 heteroatoms. The van der Waals surface area contributed by atoms with Crippen LogP contribution in [0.3, 0.4) is 0 Å². The molecule has 3 nitrogen and oxygen atoms in total. The second-order valence-corrected chi connectivity index (χ2v) is 5.06. The summed E-state index contributed by atoms with van der Waals surface area (Å²) in [6, 6.07) is 8.28. The Hall–Kier alpha value is -1.77. The monoisotopic (exact) mass is 243 g/mol. The van der Waals surface area contributed by atoms with Crippen LogP contribution in [0.1, 0.15) is 48.5 Å². The van der Waals surface area contributed by atoms with Crippen molar-refractivity contribution < 1.29 is 9.90 Å². The normalized spacial score (nSPS) is 17.1. The highest BCUT2D eigenvalue weighted by Crippen LogP contribution is 2.33. The molecule has 1 aromatic carbocycles. The molecule has 1 aromatic heterocycles. The highest BCUT2D eigenvalue weighted by atomic mass is 16.4. The summed E-state index contributed by atoms with van der Waals surface area (Å²) in [5.41, 5.74) is 1.48. The lowest BCUT2D eigenvalue weighted by Gasteiger charge is -2.24. The van der Waals surface area contributed by atoms with Gasteiger partial charge >= 0.3 is 5.97 Å². The number of fused-ring (bicyclic) bond motifs is 1. The van der Waals surface area contributed by atoms with Crippen LogP contribution in [0, 0.1) is 0 Å². The van der Waals surface area contributed by atoms with Gasteiger partial charge in [0.25, 0.3) is 0 Å². The molecule has 1 heterocycles. The van der Waals surface area contributed by atoms with Crippen LogP contribution >= 0.6 is 0 Å². The van der Waals surface area contributed by atoms with Crippen molar-refractivity contribution in [3.8, 4) is 0 Å². The summed E-state index contributed by atoms with van der Waals surface area (Å²) in [6.07, 6.45) is 7.96. The predicted octanol–water partition coefficient (Wildman–Crippen LogP) is 3.84. The summed E-state index contributed by atoms with van der Waals surface area (Å²) < 4.78 is 2.18. The van der Waals surface area contributed by atoms with Crippen molar-refractivity contribution in [1.29, 1.82) is 0 Å². The van der Waals surface area contributed by atoms with Gasteiger partial charge in [0.05, 0.1) is 5.56 Å². The molecular formula is C15H17NO2. The first-order valence-corrected chi connectivity index (χ1v) is 6.60. The zero-order chi connectivity index (χ0) is 12.5. The third-order valence-corrected chi connectivity index (χ3v) is 3.94. The molecule has 0 amide bonds. The molecule has 0 atom stereocenters. The van der Waals surface area contributed by atoms with Crippen LogP contribution in [0.2, 0.25) is 0 Å². The Balaban J connectivity index is 2.13. The molecule has 1 fully saturated rings. The number of aromatic carboxylic acids is 1. The van der Waals surface area contributed by atoms with E-state index in [1.54, 1.807) is 0 Å². The average molecular weight is 243 g/mol. The fourth-order valence-electron chi connectivity index (χ4n) is 3.04. The lowest BCUT2D eigenvalue weighted by molar-refractivity contribution is 0.0698. The molecule has 0 unspecified atom stereocenters. The van der Waals surface area contributed by atoms with Crippen LogP contribution in [0.25, 0.3) is 10.9 Å². The number of nitrogens with zero attached hydrogens (tertiary/aromatic N) is 1. The van der Waals surface area contributed by atoms with Crippen molar-refractivity contribution in [2.45, 2.75) is 38.1 Å². The molecule has 1 aliphatic rings. The van der Waals surface area contributed by atoms with Gasteiger partial charge in [-0.05, 0) is 18.9 Å². The van der Waals surface area contributed by atoms with Gasteiger partial charge in [0.15, 0.2) is 0 Å². The van der Waals surface area contributed by atoms with E-state index in [0.29, 0.717) is 11.6 Å². The maximum atomic E-state index is 11.3. The first-order chi connectivity index (χ1) is 8.77. The van der Waals surface area contributed by atoms with Crippen molar-refractivity contribution in [3.05, 3.63) is 36.0 Å². The van der Waals surface area contributed by atoms with Gasteiger partial charge in [-0.3, -0.25) is 0 Å². The molecule has 1 saturated carbocycles. The minimum Gasteiger partial charge on any atom is -0.478 e. The maximum absolute atomic E-state index is 11.3. The molecule has 3 rings (SSSR count). The number of rotatable bonds is 2. The second kappa shape index (κ2) is 4.48. The van der Waals surface area contributed by atoms with E-state index in [4.69, 9.17) is 0 Å². The average Bonchev–Trinajstić information content (AvgIpc) is 2.79. The first kappa shape index (κ1) is 11.3. The molecule has 18 heavy (non-hydrogen) atoms. The van der Waals surface area contributed by atoms with E-state index in [9.17, 15) is 9.90 Å². The third-order valence-electron chi connectivity index (χ3n) is 3.94. The Morgan fingerprint density at radius 2 is 1.89 bits per heavy atom. The lowest BCUT2D eigenvalue weighted by atomic mass is 9.95. The van der Waals surface area contributed by atoms with Gasteiger partial charge in [-0.2, -0.15) is 0 Å². The van der Waals surface area contributed by atoms with Crippen LogP contribution < -0.4 is 0 Å². The van der Waals surface area contributed by atoms with Crippen LogP contribution in [0.5, 0.6) is 0 Å². The Kier molecular flexibility index (Phi) is 2.82. The number of para-hydroxylation sites is 1. The summed E-state index contributed by atoms with van der Waals surface area (Å²) in [4.78, 5) is 11.3. The highest BCUT2D eigenvalue weighted by molar-refractivity contribution is 6.03. The minimum atomic E-state index is -0.833. The van der Waals surface area contributed by atoms with E-state index in [1.165, 1.54) is 19.3 Å². The molecule has 1 aliphatic carbocycles. The van der Waals surface area contributed by atoms with E-state index < -0.39 is 5.97 Å². The standard InChI is InChI=1S/C15H17NO2/c17-15(18)13-10-16(11-6-2-1-3-7-11)14-9-5-4-8-12(13)14/h4-5,8-11H,1-3,6-7H2,(H,17,18). The number of hydrogen-bond donors (Lipinski definition) is 1. The van der Waals surface area contributed by atoms with E-state index in [2.05, 4.69) is 4.57 Å². The van der Waals surface area contributed by atoms with Gasteiger partial charge in [-0.15, -0.1) is 0 Å². The molecule has 1 N–H and O–H groups in total. The number of carboxylic acids is 1. The van der Waals surface area contributed by atoms with Gasteiger partial charge in [-0.25, -0.2) is 4.79 Å². The smallest absolute Gasteiger partial charge is 0.337 e. The van der Waals surface area contributed by atoms with Gasteiger partial charge in [0.2, 0.25) is 0 Å². The number of benzene rings is 1. The largest absolute Gasteiger partial charge is 0.478 e. The topological polar surface area (TPSA) is 42.2 Å². The number of hydrogen-bond acceptors (Lipinski definition) is 1. The fraction of sp³-hybridized carbons (Fsp3) is 0.400. The Morgan fingerprint density at radius 3 is 2.61 bits per heavy atom. The van der Waals surface area contributed by atoms with E-state index in [0.717, 1.165) is 23.7 Å². The van der Waals surface area contributed by atoms with E-state index in [1.807, 2.05) is 30.5 Å². The molecule has 0 saturated heterocycles. The van der Waals surface area contributed by atoms with Crippen LogP contribution in [0.4, 0.5) is 0 Å². The zero-order valence-corrected chi connectivity index (χ0v) is 10.3. The SMILES string of the molecule is O=C(O)c1cn(C2CCCCC2)c2ccccc12. The third kappa shape index (κ3) is 1.80. The van der Waals surface area contributed by atoms with Crippen molar-refractivity contribution in [2.24, 2.45) is 0 Å². The summed E-state index contributed by atoms with van der Waals surface area (Å²) in [5.74, 6) is -0.833. The van der Waals surface area contributed by atoms with Crippen LogP contribution in [0.15, 0.2) is 30.5 Å². The maximum Gasteiger partial charge on any atom is 0.337 e. The predicted molar refractivity (Wildman–Crippen MR) is 71.0 cm³/mol. The molecule has 0 bridgehead atoms. The molecule has 0 aliphatic heterocycles. The van der Waals surface area contributed by atoms with Crippen LogP contribution in [-0.4, -0.2) is 15.6 Å². The van der Waals surface area contributed by atoms with Crippen molar-refractivity contribution in [3.63, 3.8) is 0 Å².